The second-order valence-electron chi connectivity index (χ2n) is 7.08. The molecule has 0 aliphatic heterocycles. The lowest BCUT2D eigenvalue weighted by Crippen LogP contribution is -2.47. The normalized spacial score (nSPS) is 18.3. The predicted octanol–water partition coefficient (Wildman–Crippen LogP) is 1.71. The number of amides is 2. The van der Waals surface area contributed by atoms with E-state index in [9.17, 15) is 22.4 Å². The fourth-order valence-electron chi connectivity index (χ4n) is 3.05. The summed E-state index contributed by atoms with van der Waals surface area (Å²) in [7, 11) is -2.54. The maximum Gasteiger partial charge on any atom is 0.253 e. The first-order chi connectivity index (χ1) is 13.7. The molecule has 2 aromatic rings. The van der Waals surface area contributed by atoms with Gasteiger partial charge in [0, 0.05) is 13.0 Å². The standard InChI is InChI=1S/C20H22FN3O4S/c1-13-7-9-14(10-8-13)29(27,28)24(2)12-19(25)22-23-20(26)17-11-16(17)15-5-3-4-6-18(15)21/h3-10,16-17H,11-12H2,1-2H3,(H,22,25)(H,23,26). The first kappa shape index (κ1) is 20.9. The molecule has 7 nitrogen and oxygen atoms in total. The van der Waals surface area contributed by atoms with Gasteiger partial charge in [-0.1, -0.05) is 35.9 Å². The van der Waals surface area contributed by atoms with Gasteiger partial charge in [0.2, 0.25) is 15.9 Å². The Balaban J connectivity index is 1.50. The third-order valence-corrected chi connectivity index (χ3v) is 6.67. The summed E-state index contributed by atoms with van der Waals surface area (Å²) in [6, 6.07) is 12.5. The van der Waals surface area contributed by atoms with Crippen LogP contribution in [0.4, 0.5) is 4.39 Å². The molecule has 0 radical (unpaired) electrons. The number of carbonyl (C=O) groups excluding carboxylic acids is 2. The van der Waals surface area contributed by atoms with Crippen LogP contribution < -0.4 is 10.9 Å². The monoisotopic (exact) mass is 419 g/mol. The SMILES string of the molecule is Cc1ccc(S(=O)(=O)N(C)CC(=O)NNC(=O)C2CC2c2ccccc2F)cc1. The lowest BCUT2D eigenvalue weighted by atomic mass is 10.1. The summed E-state index contributed by atoms with van der Waals surface area (Å²) >= 11 is 0. The van der Waals surface area contributed by atoms with Crippen molar-refractivity contribution in [1.82, 2.24) is 15.2 Å². The number of nitrogens with one attached hydrogen (secondary N) is 2. The van der Waals surface area contributed by atoms with E-state index in [4.69, 9.17) is 0 Å². The van der Waals surface area contributed by atoms with Gasteiger partial charge in [-0.25, -0.2) is 12.8 Å². The third kappa shape index (κ3) is 4.80. The largest absolute Gasteiger partial charge is 0.273 e. The summed E-state index contributed by atoms with van der Waals surface area (Å²) in [5.41, 5.74) is 5.89. The molecule has 0 heterocycles. The van der Waals surface area contributed by atoms with Crippen LogP contribution in [0, 0.1) is 18.7 Å². The van der Waals surface area contributed by atoms with E-state index in [0.29, 0.717) is 12.0 Å². The smallest absolute Gasteiger partial charge is 0.253 e. The minimum absolute atomic E-state index is 0.0770. The van der Waals surface area contributed by atoms with Crippen LogP contribution in [0.1, 0.15) is 23.5 Å². The molecule has 0 aromatic heterocycles. The molecule has 29 heavy (non-hydrogen) atoms. The van der Waals surface area contributed by atoms with Gasteiger partial charge in [-0.15, -0.1) is 0 Å². The van der Waals surface area contributed by atoms with Crippen molar-refractivity contribution >= 4 is 21.8 Å². The quantitative estimate of drug-likeness (QED) is 0.697. The Bertz CT molecular complexity index is 1020. The zero-order valence-corrected chi connectivity index (χ0v) is 16.9. The van der Waals surface area contributed by atoms with E-state index < -0.39 is 34.3 Å². The maximum absolute atomic E-state index is 13.8. The number of rotatable bonds is 6. The lowest BCUT2D eigenvalue weighted by Gasteiger charge is -2.17. The van der Waals surface area contributed by atoms with Gasteiger partial charge >= 0.3 is 0 Å². The van der Waals surface area contributed by atoms with Crippen LogP contribution in [0.5, 0.6) is 0 Å². The van der Waals surface area contributed by atoms with Crippen molar-refractivity contribution in [1.29, 1.82) is 0 Å². The highest BCUT2D eigenvalue weighted by molar-refractivity contribution is 7.89. The van der Waals surface area contributed by atoms with E-state index in [1.54, 1.807) is 30.3 Å². The molecule has 0 saturated heterocycles. The number of sulfonamides is 1. The van der Waals surface area contributed by atoms with Crippen LogP contribution in [0.25, 0.3) is 0 Å². The number of nitrogens with zero attached hydrogens (tertiary/aromatic N) is 1. The molecule has 1 saturated carbocycles. The number of benzene rings is 2. The summed E-state index contributed by atoms with van der Waals surface area (Å²) in [6.45, 7) is 1.38. The minimum Gasteiger partial charge on any atom is -0.273 e. The van der Waals surface area contributed by atoms with Gasteiger partial charge < -0.3 is 0 Å². The lowest BCUT2D eigenvalue weighted by molar-refractivity contribution is -0.129. The number of hydrogen-bond acceptors (Lipinski definition) is 4. The summed E-state index contributed by atoms with van der Waals surface area (Å²) in [4.78, 5) is 24.3. The van der Waals surface area contributed by atoms with Gasteiger partial charge in [0.15, 0.2) is 0 Å². The molecule has 0 bridgehead atoms. The van der Waals surface area contributed by atoms with Gasteiger partial charge in [0.1, 0.15) is 5.82 Å². The topological polar surface area (TPSA) is 95.6 Å². The highest BCUT2D eigenvalue weighted by atomic mass is 32.2. The van der Waals surface area contributed by atoms with Crippen molar-refractivity contribution in [3.63, 3.8) is 0 Å². The van der Waals surface area contributed by atoms with E-state index in [2.05, 4.69) is 10.9 Å². The Morgan fingerprint density at radius 1 is 1.10 bits per heavy atom. The molecule has 2 aromatic carbocycles. The van der Waals surface area contributed by atoms with Crippen LogP contribution in [-0.4, -0.2) is 38.1 Å². The maximum atomic E-state index is 13.8. The molecular weight excluding hydrogens is 397 g/mol. The van der Waals surface area contributed by atoms with Crippen molar-refractivity contribution in [2.45, 2.75) is 24.2 Å². The Morgan fingerprint density at radius 3 is 2.41 bits per heavy atom. The molecule has 154 valence electrons. The molecule has 3 rings (SSSR count). The summed E-state index contributed by atoms with van der Waals surface area (Å²) in [6.07, 6.45) is 0.490. The predicted molar refractivity (Wildman–Crippen MR) is 105 cm³/mol. The number of hydrazine groups is 1. The molecular formula is C20H22FN3O4S. The van der Waals surface area contributed by atoms with Crippen LogP contribution in [0.2, 0.25) is 0 Å². The average Bonchev–Trinajstić information content (AvgIpc) is 3.47. The summed E-state index contributed by atoms with van der Waals surface area (Å²) in [5, 5.41) is 0. The second-order valence-corrected chi connectivity index (χ2v) is 9.13. The highest BCUT2D eigenvalue weighted by Gasteiger charge is 2.45. The number of hydrogen-bond donors (Lipinski definition) is 2. The van der Waals surface area contributed by atoms with Crippen molar-refractivity contribution in [3.8, 4) is 0 Å². The Kier molecular flexibility index (Phi) is 5.99. The first-order valence-corrected chi connectivity index (χ1v) is 10.5. The zero-order valence-electron chi connectivity index (χ0n) is 16.1. The molecule has 1 fully saturated rings. The Labute approximate surface area is 168 Å². The number of carbonyl (C=O) groups is 2. The molecule has 2 amide bonds. The number of aryl methyl sites for hydroxylation is 1. The van der Waals surface area contributed by atoms with Gasteiger partial charge in [-0.05, 0) is 43.0 Å². The van der Waals surface area contributed by atoms with E-state index in [1.807, 2.05) is 6.92 Å². The first-order valence-electron chi connectivity index (χ1n) is 9.06. The molecule has 2 unspecified atom stereocenters. The van der Waals surface area contributed by atoms with Crippen LogP contribution >= 0.6 is 0 Å². The third-order valence-electron chi connectivity index (χ3n) is 4.85. The van der Waals surface area contributed by atoms with Crippen molar-refractivity contribution in [3.05, 3.63) is 65.5 Å². The van der Waals surface area contributed by atoms with Crippen LogP contribution in [-0.2, 0) is 19.6 Å². The van der Waals surface area contributed by atoms with E-state index >= 15 is 0 Å². The van der Waals surface area contributed by atoms with E-state index in [0.717, 1.165) is 9.87 Å². The Morgan fingerprint density at radius 2 is 1.76 bits per heavy atom. The number of likely N-dealkylation sites (N-methyl/N-ethyl adjacent to an activating group) is 1. The highest BCUT2D eigenvalue weighted by Crippen LogP contribution is 2.48. The van der Waals surface area contributed by atoms with Crippen LogP contribution in [0.15, 0.2) is 53.4 Å². The fourth-order valence-corrected chi connectivity index (χ4v) is 4.17. The van der Waals surface area contributed by atoms with Crippen molar-refractivity contribution in [2.24, 2.45) is 5.92 Å². The van der Waals surface area contributed by atoms with Gasteiger partial charge in [-0.2, -0.15) is 4.31 Å². The molecule has 1 aliphatic rings. The average molecular weight is 419 g/mol. The molecule has 1 aliphatic carbocycles. The molecule has 2 atom stereocenters. The van der Waals surface area contributed by atoms with Crippen LogP contribution in [0.3, 0.4) is 0 Å². The molecule has 9 heteroatoms. The minimum atomic E-state index is -3.82. The van der Waals surface area contributed by atoms with Crippen molar-refractivity contribution < 1.29 is 22.4 Å². The van der Waals surface area contributed by atoms with Crippen molar-refractivity contribution in [2.75, 3.05) is 13.6 Å². The zero-order chi connectivity index (χ0) is 21.2. The Hall–Kier alpha value is -2.78. The van der Waals surface area contributed by atoms with E-state index in [1.165, 1.54) is 25.2 Å². The van der Waals surface area contributed by atoms with Gasteiger partial charge in [0.05, 0.1) is 11.4 Å². The fraction of sp³-hybridized carbons (Fsp3) is 0.300. The second kappa shape index (κ2) is 8.30. The molecule has 2 N–H and O–H groups in total. The van der Waals surface area contributed by atoms with E-state index in [-0.39, 0.29) is 16.6 Å². The molecule has 0 spiro atoms. The van der Waals surface area contributed by atoms with Gasteiger partial charge in [-0.3, -0.25) is 20.4 Å². The van der Waals surface area contributed by atoms with Gasteiger partial charge in [0.25, 0.3) is 5.91 Å². The summed E-state index contributed by atoms with van der Waals surface area (Å²) in [5.74, 6) is -2.13. The number of halogens is 1. The summed E-state index contributed by atoms with van der Waals surface area (Å²) < 4.78 is 39.7.